The quantitative estimate of drug-likeness (QED) is 0.522. The first-order valence-corrected chi connectivity index (χ1v) is 9.65. The normalized spacial score (nSPS) is 17.1. The topological polar surface area (TPSA) is 71.4 Å². The van der Waals surface area contributed by atoms with Gasteiger partial charge in [0.15, 0.2) is 11.6 Å². The van der Waals surface area contributed by atoms with Crippen LogP contribution in [0.1, 0.15) is 44.0 Å². The molecule has 1 aliphatic heterocycles. The summed E-state index contributed by atoms with van der Waals surface area (Å²) in [5.41, 5.74) is 2.17. The summed E-state index contributed by atoms with van der Waals surface area (Å²) in [6.45, 7) is 3.72. The van der Waals surface area contributed by atoms with Crippen molar-refractivity contribution >= 4 is 16.6 Å². The zero-order valence-electron chi connectivity index (χ0n) is 15.9. The molecule has 6 nitrogen and oxygen atoms in total. The van der Waals surface area contributed by atoms with E-state index in [2.05, 4.69) is 25.8 Å². The minimum absolute atomic E-state index is 0.0819. The van der Waals surface area contributed by atoms with Crippen molar-refractivity contribution in [2.45, 2.75) is 38.1 Å². The van der Waals surface area contributed by atoms with Crippen LogP contribution in [0.25, 0.3) is 27.7 Å². The van der Waals surface area contributed by atoms with Crippen LogP contribution in [0.5, 0.6) is 0 Å². The van der Waals surface area contributed by atoms with E-state index in [1.54, 1.807) is 6.07 Å². The lowest BCUT2D eigenvalue weighted by atomic mass is 9.95. The lowest BCUT2D eigenvalue weighted by Gasteiger charge is -2.32. The van der Waals surface area contributed by atoms with Crippen LogP contribution in [0.3, 0.4) is 0 Å². The molecule has 2 aromatic carbocycles. The van der Waals surface area contributed by atoms with E-state index in [-0.39, 0.29) is 11.3 Å². The zero-order chi connectivity index (χ0) is 19.9. The molecule has 0 bridgehead atoms. The number of aromatic nitrogens is 5. The second kappa shape index (κ2) is 5.40. The molecule has 0 saturated heterocycles. The third-order valence-electron chi connectivity index (χ3n) is 5.91. The van der Waals surface area contributed by atoms with Gasteiger partial charge in [-0.05, 0) is 48.6 Å². The summed E-state index contributed by atoms with van der Waals surface area (Å²) >= 11 is 0. The molecule has 2 aliphatic rings. The van der Waals surface area contributed by atoms with Crippen molar-refractivity contribution in [1.29, 1.82) is 0 Å². The van der Waals surface area contributed by atoms with Gasteiger partial charge in [-0.2, -0.15) is 4.68 Å². The van der Waals surface area contributed by atoms with Crippen LogP contribution in [-0.2, 0) is 5.54 Å². The number of anilines is 1. The lowest BCUT2D eigenvalue weighted by Crippen LogP contribution is -2.36. The van der Waals surface area contributed by atoms with E-state index in [0.717, 1.165) is 23.7 Å². The summed E-state index contributed by atoms with van der Waals surface area (Å²) in [5, 5.41) is 15.9. The summed E-state index contributed by atoms with van der Waals surface area (Å²) in [7, 11) is 0. The number of H-pyrrole nitrogens is 1. The van der Waals surface area contributed by atoms with Crippen molar-refractivity contribution in [3.8, 4) is 16.8 Å². The highest BCUT2D eigenvalue weighted by Crippen LogP contribution is 2.46. The number of hydrogen-bond acceptors (Lipinski definition) is 4. The minimum Gasteiger partial charge on any atom is -0.371 e. The highest BCUT2D eigenvalue weighted by atomic mass is 19.1. The molecule has 1 fully saturated rings. The monoisotopic (exact) mass is 392 g/mol. The number of aromatic amines is 1. The van der Waals surface area contributed by atoms with E-state index in [1.165, 1.54) is 16.3 Å². The second-order valence-corrected chi connectivity index (χ2v) is 8.35. The first kappa shape index (κ1) is 16.6. The number of tetrazole rings is 1. The first-order chi connectivity index (χ1) is 14.0. The molecule has 0 amide bonds. The van der Waals surface area contributed by atoms with Crippen molar-refractivity contribution in [3.05, 3.63) is 53.5 Å². The van der Waals surface area contributed by atoms with Gasteiger partial charge in [-0.3, -0.25) is 0 Å². The molecule has 0 spiro atoms. The maximum atomic E-state index is 15.8. The van der Waals surface area contributed by atoms with Crippen LogP contribution in [0.15, 0.2) is 30.5 Å². The highest BCUT2D eigenvalue weighted by Gasteiger charge is 2.37. The summed E-state index contributed by atoms with van der Waals surface area (Å²) in [6, 6.07) is 6.91. The van der Waals surface area contributed by atoms with Gasteiger partial charge in [-0.15, -0.1) is 5.10 Å². The Kier molecular flexibility index (Phi) is 3.10. The van der Waals surface area contributed by atoms with Gasteiger partial charge in [-0.25, -0.2) is 8.78 Å². The van der Waals surface area contributed by atoms with Crippen LogP contribution < -0.4 is 5.32 Å². The van der Waals surface area contributed by atoms with E-state index in [4.69, 9.17) is 0 Å². The average molecular weight is 392 g/mol. The van der Waals surface area contributed by atoms with E-state index < -0.39 is 17.2 Å². The third kappa shape index (κ3) is 2.22. The molecular weight excluding hydrogens is 374 g/mol. The van der Waals surface area contributed by atoms with Crippen LogP contribution in [0.4, 0.5) is 14.5 Å². The van der Waals surface area contributed by atoms with E-state index >= 15 is 8.78 Å². The number of nitrogens with one attached hydrogen (secondary N) is 2. The molecule has 3 heterocycles. The van der Waals surface area contributed by atoms with E-state index in [0.29, 0.717) is 23.0 Å². The van der Waals surface area contributed by atoms with E-state index in [9.17, 15) is 0 Å². The number of para-hydroxylation sites is 1. The van der Waals surface area contributed by atoms with Crippen molar-refractivity contribution in [1.82, 2.24) is 25.2 Å². The molecule has 0 radical (unpaired) electrons. The summed E-state index contributed by atoms with van der Waals surface area (Å²) in [5.74, 6) is -0.314. The molecule has 0 atom stereocenters. The maximum Gasteiger partial charge on any atom is 0.181 e. The van der Waals surface area contributed by atoms with Crippen molar-refractivity contribution in [2.24, 2.45) is 0 Å². The third-order valence-corrected chi connectivity index (χ3v) is 5.91. The molecule has 2 N–H and O–H groups in total. The number of halogens is 2. The van der Waals surface area contributed by atoms with Crippen LogP contribution in [0.2, 0.25) is 0 Å². The summed E-state index contributed by atoms with van der Waals surface area (Å²) in [4.78, 5) is 3.24. The smallest absolute Gasteiger partial charge is 0.181 e. The number of nitrogens with zero attached hydrogens (tertiary/aromatic N) is 4. The molecule has 6 rings (SSSR count). The Morgan fingerprint density at radius 2 is 2.03 bits per heavy atom. The largest absolute Gasteiger partial charge is 0.371 e. The lowest BCUT2D eigenvalue weighted by molar-refractivity contribution is 0.507. The number of hydrogen-bond donors (Lipinski definition) is 2. The van der Waals surface area contributed by atoms with Gasteiger partial charge in [0.25, 0.3) is 0 Å². The van der Waals surface area contributed by atoms with Crippen LogP contribution in [0, 0.1) is 11.6 Å². The van der Waals surface area contributed by atoms with Crippen molar-refractivity contribution in [2.75, 3.05) is 5.32 Å². The first-order valence-electron chi connectivity index (χ1n) is 9.65. The molecule has 0 unspecified atom stereocenters. The van der Waals surface area contributed by atoms with Crippen molar-refractivity contribution < 1.29 is 8.78 Å². The summed E-state index contributed by atoms with van der Waals surface area (Å²) < 4.78 is 32.4. The SMILES string of the molecule is CC1(C)Nc2cc(F)c(-c3cccc4c(C5CC5)c[nH]c34)c(F)c2-n2nnnc21. The van der Waals surface area contributed by atoms with Gasteiger partial charge in [-0.1, -0.05) is 18.2 Å². The molecule has 8 heteroatoms. The molecule has 1 saturated carbocycles. The Morgan fingerprint density at radius 1 is 1.21 bits per heavy atom. The number of benzene rings is 2. The summed E-state index contributed by atoms with van der Waals surface area (Å²) in [6.07, 6.45) is 4.27. The number of rotatable bonds is 2. The molecule has 146 valence electrons. The fraction of sp³-hybridized carbons (Fsp3) is 0.286. The second-order valence-electron chi connectivity index (χ2n) is 8.35. The molecule has 1 aliphatic carbocycles. The van der Waals surface area contributed by atoms with Gasteiger partial charge in [0.2, 0.25) is 0 Å². The maximum absolute atomic E-state index is 15.8. The average Bonchev–Trinajstić information content (AvgIpc) is 3.21. The zero-order valence-corrected chi connectivity index (χ0v) is 15.9. The number of fused-ring (bicyclic) bond motifs is 4. The van der Waals surface area contributed by atoms with E-state index in [1.807, 2.05) is 32.2 Å². The predicted molar refractivity (Wildman–Crippen MR) is 105 cm³/mol. The Morgan fingerprint density at radius 3 is 2.83 bits per heavy atom. The fourth-order valence-corrected chi connectivity index (χ4v) is 4.39. The Hall–Kier alpha value is -3.29. The molecular formula is C21H18F2N6. The molecule has 29 heavy (non-hydrogen) atoms. The van der Waals surface area contributed by atoms with Crippen LogP contribution in [-0.4, -0.2) is 25.2 Å². The van der Waals surface area contributed by atoms with Gasteiger partial charge >= 0.3 is 0 Å². The van der Waals surface area contributed by atoms with Crippen molar-refractivity contribution in [3.63, 3.8) is 0 Å². The minimum atomic E-state index is -0.688. The van der Waals surface area contributed by atoms with Gasteiger partial charge < -0.3 is 10.3 Å². The molecule has 2 aromatic heterocycles. The van der Waals surface area contributed by atoms with Gasteiger partial charge in [0.1, 0.15) is 11.5 Å². The fourth-order valence-electron chi connectivity index (χ4n) is 4.39. The molecule has 4 aromatic rings. The van der Waals surface area contributed by atoms with Gasteiger partial charge in [0.05, 0.1) is 22.3 Å². The van der Waals surface area contributed by atoms with Gasteiger partial charge in [0, 0.05) is 23.2 Å². The Bertz CT molecular complexity index is 1300. The Labute approximate surface area is 164 Å². The van der Waals surface area contributed by atoms with Crippen LogP contribution >= 0.6 is 0 Å². The predicted octanol–water partition coefficient (Wildman–Crippen LogP) is 4.63. The highest BCUT2D eigenvalue weighted by molar-refractivity contribution is 5.97. The Balaban J connectivity index is 1.62. The standard InChI is InChI=1S/C21H18F2N6/c1-21(2)20-26-27-28-29(20)19-15(25-21)8-14(22)16(17(19)23)12-5-3-4-11-13(10-6-7-10)9-24-18(11)12/h3-5,8-10,24-25H,6-7H2,1-2H3.